The molecule has 19 heavy (non-hydrogen) atoms. The van der Waals surface area contributed by atoms with Crippen molar-refractivity contribution in [2.45, 2.75) is 82.8 Å². The molecule has 0 radical (unpaired) electrons. The molecule has 3 unspecified atom stereocenters. The molecule has 1 amide bonds. The molecule has 1 heterocycles. The van der Waals surface area contributed by atoms with Gasteiger partial charge in [-0.2, -0.15) is 0 Å². The fourth-order valence-electron chi connectivity index (χ4n) is 4.23. The average Bonchev–Trinajstić information content (AvgIpc) is 2.85. The second-order valence-electron chi connectivity index (χ2n) is 7.07. The summed E-state index contributed by atoms with van der Waals surface area (Å²) < 4.78 is 0. The highest BCUT2D eigenvalue weighted by Gasteiger charge is 2.38. The minimum absolute atomic E-state index is 0.0902. The van der Waals surface area contributed by atoms with Gasteiger partial charge in [-0.15, -0.1) is 0 Å². The molecule has 3 fully saturated rings. The van der Waals surface area contributed by atoms with E-state index in [0.717, 1.165) is 18.3 Å². The molecule has 0 aromatic heterocycles. The SMILES string of the molecule is CC1CCC(NC(=O)C2CC3CCCCC3N2)CC1. The Morgan fingerprint density at radius 1 is 1.05 bits per heavy atom. The van der Waals surface area contributed by atoms with Crippen LogP contribution in [0.25, 0.3) is 0 Å². The lowest BCUT2D eigenvalue weighted by atomic mass is 9.85. The summed E-state index contributed by atoms with van der Waals surface area (Å²) in [4.78, 5) is 12.4. The molecule has 2 aliphatic carbocycles. The molecule has 108 valence electrons. The second kappa shape index (κ2) is 5.82. The largest absolute Gasteiger partial charge is 0.352 e. The van der Waals surface area contributed by atoms with E-state index >= 15 is 0 Å². The van der Waals surface area contributed by atoms with Crippen molar-refractivity contribution < 1.29 is 4.79 Å². The Hall–Kier alpha value is -0.570. The zero-order valence-corrected chi connectivity index (χ0v) is 12.2. The van der Waals surface area contributed by atoms with Crippen molar-refractivity contribution in [3.05, 3.63) is 0 Å². The highest BCUT2D eigenvalue weighted by molar-refractivity contribution is 5.82. The van der Waals surface area contributed by atoms with Gasteiger partial charge in [0.05, 0.1) is 6.04 Å². The zero-order valence-electron chi connectivity index (χ0n) is 12.2. The van der Waals surface area contributed by atoms with Crippen molar-refractivity contribution in [1.82, 2.24) is 10.6 Å². The Morgan fingerprint density at radius 3 is 2.53 bits per heavy atom. The summed E-state index contributed by atoms with van der Waals surface area (Å²) >= 11 is 0. The van der Waals surface area contributed by atoms with Crippen LogP contribution in [0.1, 0.15) is 64.7 Å². The predicted octanol–water partition coefficient (Wildman–Crippen LogP) is 2.60. The molecule has 1 aliphatic heterocycles. The number of carbonyl (C=O) groups is 1. The van der Waals surface area contributed by atoms with Gasteiger partial charge in [0.25, 0.3) is 0 Å². The van der Waals surface area contributed by atoms with Gasteiger partial charge in [0.2, 0.25) is 5.91 Å². The quantitative estimate of drug-likeness (QED) is 0.805. The first-order valence-corrected chi connectivity index (χ1v) is 8.29. The number of rotatable bonds is 2. The summed E-state index contributed by atoms with van der Waals surface area (Å²) in [6, 6.07) is 1.15. The Morgan fingerprint density at radius 2 is 1.79 bits per heavy atom. The Kier molecular flexibility index (Phi) is 4.11. The van der Waals surface area contributed by atoms with Crippen LogP contribution in [0.2, 0.25) is 0 Å². The first-order chi connectivity index (χ1) is 9.22. The standard InChI is InChI=1S/C16H28N2O/c1-11-6-8-13(9-7-11)17-16(19)15-10-12-4-2-3-5-14(12)18-15/h11-15,18H,2-10H2,1H3,(H,17,19). The Balaban J connectivity index is 1.48. The van der Waals surface area contributed by atoms with Gasteiger partial charge in [-0.3, -0.25) is 4.79 Å². The van der Waals surface area contributed by atoms with Crippen LogP contribution in [0.3, 0.4) is 0 Å². The molecule has 0 bridgehead atoms. The van der Waals surface area contributed by atoms with Crippen LogP contribution >= 0.6 is 0 Å². The molecule has 0 spiro atoms. The molecule has 2 N–H and O–H groups in total. The van der Waals surface area contributed by atoms with E-state index in [0.29, 0.717) is 12.1 Å². The van der Waals surface area contributed by atoms with Crippen LogP contribution in [0.15, 0.2) is 0 Å². The van der Waals surface area contributed by atoms with E-state index in [-0.39, 0.29) is 11.9 Å². The monoisotopic (exact) mass is 264 g/mol. The van der Waals surface area contributed by atoms with Gasteiger partial charge >= 0.3 is 0 Å². The van der Waals surface area contributed by atoms with Crippen LogP contribution in [0.5, 0.6) is 0 Å². The smallest absolute Gasteiger partial charge is 0.237 e. The first kappa shape index (κ1) is 13.4. The number of hydrogen-bond acceptors (Lipinski definition) is 2. The van der Waals surface area contributed by atoms with Crippen molar-refractivity contribution >= 4 is 5.91 Å². The molecular weight excluding hydrogens is 236 g/mol. The van der Waals surface area contributed by atoms with Crippen molar-refractivity contribution in [3.8, 4) is 0 Å². The lowest BCUT2D eigenvalue weighted by Gasteiger charge is -2.28. The molecule has 0 aromatic rings. The number of fused-ring (bicyclic) bond motifs is 1. The molecular formula is C16H28N2O. The van der Waals surface area contributed by atoms with E-state index in [1.807, 2.05) is 0 Å². The van der Waals surface area contributed by atoms with Crippen molar-refractivity contribution in [3.63, 3.8) is 0 Å². The van der Waals surface area contributed by atoms with Crippen LogP contribution in [0.4, 0.5) is 0 Å². The number of hydrogen-bond donors (Lipinski definition) is 2. The van der Waals surface area contributed by atoms with Gasteiger partial charge in [0, 0.05) is 12.1 Å². The molecule has 3 atom stereocenters. The minimum Gasteiger partial charge on any atom is -0.352 e. The first-order valence-electron chi connectivity index (χ1n) is 8.29. The lowest BCUT2D eigenvalue weighted by molar-refractivity contribution is -0.123. The second-order valence-corrected chi connectivity index (χ2v) is 7.07. The topological polar surface area (TPSA) is 41.1 Å². The Labute approximate surface area is 116 Å². The fraction of sp³-hybridized carbons (Fsp3) is 0.938. The zero-order chi connectivity index (χ0) is 13.2. The van der Waals surface area contributed by atoms with Gasteiger partial charge in [0.15, 0.2) is 0 Å². The van der Waals surface area contributed by atoms with E-state index in [4.69, 9.17) is 0 Å². The molecule has 3 rings (SSSR count). The molecule has 0 aromatic carbocycles. The summed E-state index contributed by atoms with van der Waals surface area (Å²) in [5.74, 6) is 1.88. The molecule has 1 saturated heterocycles. The van der Waals surface area contributed by atoms with E-state index in [9.17, 15) is 4.79 Å². The maximum Gasteiger partial charge on any atom is 0.237 e. The van der Waals surface area contributed by atoms with Crippen LogP contribution in [-0.4, -0.2) is 24.0 Å². The minimum atomic E-state index is 0.0902. The third-order valence-corrected chi connectivity index (χ3v) is 5.54. The summed E-state index contributed by atoms with van der Waals surface area (Å²) in [7, 11) is 0. The highest BCUT2D eigenvalue weighted by Crippen LogP contribution is 2.33. The van der Waals surface area contributed by atoms with Gasteiger partial charge in [0.1, 0.15) is 0 Å². The fourth-order valence-corrected chi connectivity index (χ4v) is 4.23. The maximum absolute atomic E-state index is 12.4. The summed E-state index contributed by atoms with van der Waals surface area (Å²) in [5.41, 5.74) is 0. The number of nitrogens with one attached hydrogen (secondary N) is 2. The molecule has 2 saturated carbocycles. The lowest BCUT2D eigenvalue weighted by Crippen LogP contribution is -2.47. The van der Waals surface area contributed by atoms with Gasteiger partial charge < -0.3 is 10.6 Å². The van der Waals surface area contributed by atoms with E-state index in [2.05, 4.69) is 17.6 Å². The van der Waals surface area contributed by atoms with Crippen LogP contribution < -0.4 is 10.6 Å². The van der Waals surface area contributed by atoms with Crippen molar-refractivity contribution in [2.24, 2.45) is 11.8 Å². The molecule has 3 nitrogen and oxygen atoms in total. The number of carbonyl (C=O) groups excluding carboxylic acids is 1. The molecule has 3 heteroatoms. The normalized spacial score (nSPS) is 42.7. The van der Waals surface area contributed by atoms with E-state index in [1.54, 1.807) is 0 Å². The Bertz CT molecular complexity index is 309. The van der Waals surface area contributed by atoms with Gasteiger partial charge in [-0.25, -0.2) is 0 Å². The third-order valence-electron chi connectivity index (χ3n) is 5.54. The summed E-state index contributed by atoms with van der Waals surface area (Å²) in [6.07, 6.45) is 11.2. The third kappa shape index (κ3) is 3.13. The van der Waals surface area contributed by atoms with Crippen molar-refractivity contribution in [2.75, 3.05) is 0 Å². The summed E-state index contributed by atoms with van der Waals surface area (Å²) in [5, 5.41) is 6.87. The van der Waals surface area contributed by atoms with Crippen LogP contribution in [0, 0.1) is 11.8 Å². The molecule has 3 aliphatic rings. The van der Waals surface area contributed by atoms with Crippen molar-refractivity contribution in [1.29, 1.82) is 0 Å². The van der Waals surface area contributed by atoms with Gasteiger partial charge in [-0.1, -0.05) is 19.8 Å². The van der Waals surface area contributed by atoms with Crippen LogP contribution in [-0.2, 0) is 4.79 Å². The maximum atomic E-state index is 12.4. The predicted molar refractivity (Wildman–Crippen MR) is 76.8 cm³/mol. The van der Waals surface area contributed by atoms with E-state index in [1.165, 1.54) is 51.4 Å². The highest BCUT2D eigenvalue weighted by atomic mass is 16.2. The number of amides is 1. The van der Waals surface area contributed by atoms with E-state index < -0.39 is 0 Å². The van der Waals surface area contributed by atoms with Gasteiger partial charge in [-0.05, 0) is 56.8 Å². The summed E-state index contributed by atoms with van der Waals surface area (Å²) in [6.45, 7) is 2.32. The average molecular weight is 264 g/mol.